The number of nitrogens with zero attached hydrogens (tertiary/aromatic N) is 3. The predicted octanol–water partition coefficient (Wildman–Crippen LogP) is 6.47. The molecule has 1 spiro atoms. The maximum atomic E-state index is 14.1. The van der Waals surface area contributed by atoms with Gasteiger partial charge in [-0.25, -0.2) is 9.69 Å². The zero-order valence-electron chi connectivity index (χ0n) is 20.4. The molecule has 5 nitrogen and oxygen atoms in total. The lowest BCUT2D eigenvalue weighted by atomic mass is 9.83. The first kappa shape index (κ1) is 23.5. The topological polar surface area (TPSA) is 43.9 Å². The second-order valence-electron chi connectivity index (χ2n) is 9.73. The first-order valence-corrected chi connectivity index (χ1v) is 12.7. The molecule has 3 amide bonds. The van der Waals surface area contributed by atoms with Crippen molar-refractivity contribution < 1.29 is 9.59 Å². The number of benzene rings is 4. The number of anilines is 2. The van der Waals surface area contributed by atoms with Crippen LogP contribution in [0, 0.1) is 6.92 Å². The van der Waals surface area contributed by atoms with Crippen LogP contribution < -0.4 is 9.80 Å². The van der Waals surface area contributed by atoms with Crippen LogP contribution in [0.1, 0.15) is 22.7 Å². The van der Waals surface area contributed by atoms with E-state index in [1.165, 1.54) is 4.90 Å². The molecule has 0 saturated carbocycles. The van der Waals surface area contributed by atoms with Crippen LogP contribution in [0.15, 0.2) is 109 Å². The summed E-state index contributed by atoms with van der Waals surface area (Å²) in [4.78, 5) is 33.3. The van der Waals surface area contributed by atoms with Gasteiger partial charge in [-0.15, -0.1) is 0 Å². The quantitative estimate of drug-likeness (QED) is 0.291. The Bertz CT molecular complexity index is 1390. The third kappa shape index (κ3) is 3.91. The van der Waals surface area contributed by atoms with Gasteiger partial charge in [-0.2, -0.15) is 0 Å². The molecule has 2 aliphatic heterocycles. The normalized spacial score (nSPS) is 17.1. The van der Waals surface area contributed by atoms with E-state index >= 15 is 0 Å². The Morgan fingerprint density at radius 1 is 0.703 bits per heavy atom. The standard InChI is InChI=1S/C31H26ClN3O2/c1-22-12-16-27(17-13-22)35-30(37)34(26-18-14-25(32)15-19-26)29(36)31(35)20-33(21-31)28(23-8-4-2-5-9-23)24-10-6-3-7-11-24/h2-19,28H,20-21H2,1H3. The van der Waals surface area contributed by atoms with Gasteiger partial charge < -0.3 is 0 Å². The van der Waals surface area contributed by atoms with Crippen LogP contribution in [-0.4, -0.2) is 35.5 Å². The SMILES string of the molecule is Cc1ccc(N2C(=O)N(c3ccc(Cl)cc3)C(=O)C23CN(C(c2ccccc2)c2ccccc2)C3)cc1. The average Bonchev–Trinajstić information content (AvgIpc) is 3.13. The minimum absolute atomic E-state index is 0.0274. The number of rotatable bonds is 5. The fourth-order valence-corrected chi connectivity index (χ4v) is 5.64. The number of amides is 3. The number of likely N-dealkylation sites (tertiary alicyclic amines) is 1. The summed E-state index contributed by atoms with van der Waals surface area (Å²) < 4.78 is 0. The van der Waals surface area contributed by atoms with Crippen LogP contribution in [0.25, 0.3) is 0 Å². The zero-order valence-corrected chi connectivity index (χ0v) is 21.2. The summed E-state index contributed by atoms with van der Waals surface area (Å²) >= 11 is 6.09. The van der Waals surface area contributed by atoms with Crippen molar-refractivity contribution in [3.63, 3.8) is 0 Å². The second kappa shape index (κ2) is 9.18. The molecule has 0 atom stereocenters. The van der Waals surface area contributed by atoms with Crippen LogP contribution in [0.4, 0.5) is 16.2 Å². The molecular weight excluding hydrogens is 482 g/mol. The minimum atomic E-state index is -0.992. The molecular formula is C31H26ClN3O2. The minimum Gasteiger partial charge on any atom is -0.286 e. The summed E-state index contributed by atoms with van der Waals surface area (Å²) in [6.45, 7) is 2.85. The molecule has 2 heterocycles. The van der Waals surface area contributed by atoms with E-state index in [1.54, 1.807) is 29.2 Å². The highest BCUT2D eigenvalue weighted by atomic mass is 35.5. The Labute approximate surface area is 221 Å². The van der Waals surface area contributed by atoms with Gasteiger partial charge in [0.25, 0.3) is 5.91 Å². The fraction of sp³-hybridized carbons (Fsp3) is 0.161. The van der Waals surface area contributed by atoms with E-state index in [0.717, 1.165) is 22.4 Å². The van der Waals surface area contributed by atoms with E-state index in [-0.39, 0.29) is 18.0 Å². The van der Waals surface area contributed by atoms with Gasteiger partial charge in [0.05, 0.1) is 11.7 Å². The number of carbonyl (C=O) groups is 2. The Kier molecular flexibility index (Phi) is 5.82. The zero-order chi connectivity index (χ0) is 25.6. The fourth-order valence-electron chi connectivity index (χ4n) is 5.51. The van der Waals surface area contributed by atoms with Gasteiger partial charge in [0.15, 0.2) is 5.54 Å². The smallest absolute Gasteiger partial charge is 0.286 e. The summed E-state index contributed by atoms with van der Waals surface area (Å²) in [7, 11) is 0. The molecule has 0 aliphatic carbocycles. The molecule has 6 rings (SSSR count). The van der Waals surface area contributed by atoms with E-state index in [1.807, 2.05) is 67.6 Å². The van der Waals surface area contributed by atoms with Crippen LogP contribution in [0.5, 0.6) is 0 Å². The molecule has 6 heteroatoms. The summed E-state index contributed by atoms with van der Waals surface area (Å²) in [5, 5.41) is 0.552. The monoisotopic (exact) mass is 507 g/mol. The Balaban J connectivity index is 1.41. The molecule has 4 aromatic carbocycles. The Morgan fingerprint density at radius 2 is 1.22 bits per heavy atom. The molecule has 184 valence electrons. The van der Waals surface area contributed by atoms with Gasteiger partial charge in [0.1, 0.15) is 0 Å². The van der Waals surface area contributed by atoms with E-state index in [0.29, 0.717) is 23.8 Å². The molecule has 2 aliphatic rings. The van der Waals surface area contributed by atoms with Crippen molar-refractivity contribution in [2.75, 3.05) is 22.9 Å². The largest absolute Gasteiger partial charge is 0.336 e. The predicted molar refractivity (Wildman–Crippen MR) is 147 cm³/mol. The third-order valence-electron chi connectivity index (χ3n) is 7.31. The average molecular weight is 508 g/mol. The lowest BCUT2D eigenvalue weighted by molar-refractivity contribution is -0.127. The summed E-state index contributed by atoms with van der Waals surface area (Å²) in [5.74, 6) is -0.212. The van der Waals surface area contributed by atoms with Crippen molar-refractivity contribution in [2.45, 2.75) is 18.5 Å². The van der Waals surface area contributed by atoms with Gasteiger partial charge >= 0.3 is 6.03 Å². The number of carbonyl (C=O) groups excluding carboxylic acids is 2. The third-order valence-corrected chi connectivity index (χ3v) is 7.57. The summed E-state index contributed by atoms with van der Waals surface area (Å²) in [5.41, 5.74) is 3.64. The molecule has 0 aromatic heterocycles. The van der Waals surface area contributed by atoms with Crippen molar-refractivity contribution >= 4 is 34.9 Å². The number of imide groups is 1. The first-order chi connectivity index (χ1) is 18.0. The Hall–Kier alpha value is -3.93. The van der Waals surface area contributed by atoms with Gasteiger partial charge in [-0.05, 0) is 54.4 Å². The van der Waals surface area contributed by atoms with Crippen LogP contribution in [0.3, 0.4) is 0 Å². The van der Waals surface area contributed by atoms with Crippen LogP contribution in [0.2, 0.25) is 5.02 Å². The molecule has 0 unspecified atom stereocenters. The molecule has 37 heavy (non-hydrogen) atoms. The highest BCUT2D eigenvalue weighted by Gasteiger charge is 2.65. The molecule has 2 fully saturated rings. The maximum Gasteiger partial charge on any atom is 0.336 e. The highest BCUT2D eigenvalue weighted by molar-refractivity contribution is 6.32. The highest BCUT2D eigenvalue weighted by Crippen LogP contribution is 2.46. The molecule has 4 aromatic rings. The van der Waals surface area contributed by atoms with Gasteiger partial charge in [0, 0.05) is 23.8 Å². The Morgan fingerprint density at radius 3 is 1.76 bits per heavy atom. The number of halogens is 1. The van der Waals surface area contributed by atoms with E-state index < -0.39 is 5.54 Å². The number of aryl methyl sites for hydroxylation is 1. The van der Waals surface area contributed by atoms with E-state index in [4.69, 9.17) is 11.6 Å². The van der Waals surface area contributed by atoms with Crippen LogP contribution >= 0.6 is 11.6 Å². The number of urea groups is 1. The first-order valence-electron chi connectivity index (χ1n) is 12.3. The van der Waals surface area contributed by atoms with E-state index in [9.17, 15) is 9.59 Å². The molecule has 0 N–H and O–H groups in total. The molecule has 0 radical (unpaired) electrons. The van der Waals surface area contributed by atoms with Gasteiger partial charge in [-0.3, -0.25) is 14.6 Å². The lowest BCUT2D eigenvalue weighted by Crippen LogP contribution is -2.72. The van der Waals surface area contributed by atoms with Gasteiger partial charge in [0.2, 0.25) is 0 Å². The molecule has 2 saturated heterocycles. The molecule has 0 bridgehead atoms. The van der Waals surface area contributed by atoms with Crippen molar-refractivity contribution in [1.82, 2.24) is 4.90 Å². The van der Waals surface area contributed by atoms with Gasteiger partial charge in [-0.1, -0.05) is 90.0 Å². The van der Waals surface area contributed by atoms with Crippen LogP contribution in [-0.2, 0) is 4.79 Å². The number of hydrogen-bond acceptors (Lipinski definition) is 3. The number of hydrogen-bond donors (Lipinski definition) is 0. The van der Waals surface area contributed by atoms with Crippen molar-refractivity contribution in [3.05, 3.63) is 131 Å². The van der Waals surface area contributed by atoms with Crippen molar-refractivity contribution in [1.29, 1.82) is 0 Å². The summed E-state index contributed by atoms with van der Waals surface area (Å²) in [6.07, 6.45) is 0. The van der Waals surface area contributed by atoms with Crippen molar-refractivity contribution in [2.24, 2.45) is 0 Å². The summed E-state index contributed by atoms with van der Waals surface area (Å²) in [6, 6.07) is 34.9. The van der Waals surface area contributed by atoms with Crippen molar-refractivity contribution in [3.8, 4) is 0 Å². The van der Waals surface area contributed by atoms with E-state index in [2.05, 4.69) is 29.2 Å². The lowest BCUT2D eigenvalue weighted by Gasteiger charge is -2.53. The maximum absolute atomic E-state index is 14.1. The second-order valence-corrected chi connectivity index (χ2v) is 10.2.